The summed E-state index contributed by atoms with van der Waals surface area (Å²) in [7, 11) is 1.86. The van der Waals surface area contributed by atoms with Crippen molar-refractivity contribution in [1.82, 2.24) is 10.3 Å². The first-order chi connectivity index (χ1) is 8.29. The minimum Gasteiger partial charge on any atom is -0.455 e. The highest BCUT2D eigenvalue weighted by molar-refractivity contribution is 5.35. The summed E-state index contributed by atoms with van der Waals surface area (Å²) in [4.78, 5) is 4.01. The van der Waals surface area contributed by atoms with Gasteiger partial charge in [0, 0.05) is 18.3 Å². The van der Waals surface area contributed by atoms with Crippen molar-refractivity contribution in [2.75, 3.05) is 7.05 Å². The maximum Gasteiger partial charge on any atom is 0.150 e. The molecule has 1 aromatic heterocycles. The molecule has 0 amide bonds. The molecular formula is C13H13FN2O. The minimum atomic E-state index is -0.279. The fraction of sp³-hybridized carbons (Fsp3) is 0.154. The van der Waals surface area contributed by atoms with Crippen LogP contribution in [0.3, 0.4) is 0 Å². The summed E-state index contributed by atoms with van der Waals surface area (Å²) in [6, 6.07) is 7.79. The van der Waals surface area contributed by atoms with Crippen LogP contribution in [0.5, 0.6) is 11.5 Å². The fourth-order valence-electron chi connectivity index (χ4n) is 1.47. The molecule has 0 radical (unpaired) electrons. The van der Waals surface area contributed by atoms with E-state index in [4.69, 9.17) is 4.74 Å². The van der Waals surface area contributed by atoms with Gasteiger partial charge in [0.2, 0.25) is 0 Å². The number of hydrogen-bond acceptors (Lipinski definition) is 3. The van der Waals surface area contributed by atoms with Crippen molar-refractivity contribution in [2.45, 2.75) is 6.54 Å². The highest BCUT2D eigenvalue weighted by atomic mass is 19.1. The topological polar surface area (TPSA) is 34.2 Å². The molecule has 88 valence electrons. The lowest BCUT2D eigenvalue weighted by Gasteiger charge is -2.09. The molecule has 0 fully saturated rings. The van der Waals surface area contributed by atoms with Crippen LogP contribution in [0.25, 0.3) is 0 Å². The molecule has 2 rings (SSSR count). The van der Waals surface area contributed by atoms with Gasteiger partial charge in [0.1, 0.15) is 17.3 Å². The van der Waals surface area contributed by atoms with Gasteiger partial charge in [0.05, 0.1) is 6.20 Å². The van der Waals surface area contributed by atoms with Crippen LogP contribution >= 0.6 is 0 Å². The maximum atomic E-state index is 12.7. The first-order valence-electron chi connectivity index (χ1n) is 5.30. The quantitative estimate of drug-likeness (QED) is 0.880. The van der Waals surface area contributed by atoms with E-state index in [2.05, 4.69) is 10.3 Å². The van der Waals surface area contributed by atoms with E-state index in [1.54, 1.807) is 24.5 Å². The maximum absolute atomic E-state index is 12.7. The van der Waals surface area contributed by atoms with Crippen molar-refractivity contribution in [1.29, 1.82) is 0 Å². The first kappa shape index (κ1) is 11.5. The number of rotatable bonds is 4. The molecule has 0 bridgehead atoms. The lowest BCUT2D eigenvalue weighted by Crippen LogP contribution is -2.06. The Morgan fingerprint density at radius 3 is 2.71 bits per heavy atom. The zero-order valence-corrected chi connectivity index (χ0v) is 9.48. The Hall–Kier alpha value is -1.94. The number of benzene rings is 1. The SMILES string of the molecule is CNCc1ccncc1Oc1ccc(F)cc1. The Morgan fingerprint density at radius 2 is 2.00 bits per heavy atom. The van der Waals surface area contributed by atoms with Crippen LogP contribution in [0.1, 0.15) is 5.56 Å². The van der Waals surface area contributed by atoms with Gasteiger partial charge in [-0.3, -0.25) is 4.98 Å². The van der Waals surface area contributed by atoms with E-state index < -0.39 is 0 Å². The second kappa shape index (κ2) is 5.41. The van der Waals surface area contributed by atoms with Gasteiger partial charge in [-0.1, -0.05) is 0 Å². The van der Waals surface area contributed by atoms with E-state index in [1.165, 1.54) is 12.1 Å². The van der Waals surface area contributed by atoms with Gasteiger partial charge in [-0.05, 0) is 37.4 Å². The van der Waals surface area contributed by atoms with Gasteiger partial charge < -0.3 is 10.1 Å². The van der Waals surface area contributed by atoms with Crippen molar-refractivity contribution >= 4 is 0 Å². The highest BCUT2D eigenvalue weighted by Gasteiger charge is 2.04. The van der Waals surface area contributed by atoms with Crippen molar-refractivity contribution in [3.05, 3.63) is 54.1 Å². The molecule has 1 aromatic carbocycles. The van der Waals surface area contributed by atoms with E-state index in [0.29, 0.717) is 18.0 Å². The first-order valence-corrected chi connectivity index (χ1v) is 5.30. The third-order valence-corrected chi connectivity index (χ3v) is 2.28. The van der Waals surface area contributed by atoms with Gasteiger partial charge in [0.15, 0.2) is 0 Å². The fourth-order valence-corrected chi connectivity index (χ4v) is 1.47. The molecule has 0 aliphatic rings. The second-order valence-electron chi connectivity index (χ2n) is 3.57. The van der Waals surface area contributed by atoms with E-state index in [-0.39, 0.29) is 5.82 Å². The Morgan fingerprint density at radius 1 is 1.24 bits per heavy atom. The van der Waals surface area contributed by atoms with Crippen molar-refractivity contribution in [3.63, 3.8) is 0 Å². The number of halogens is 1. The van der Waals surface area contributed by atoms with Gasteiger partial charge in [-0.15, -0.1) is 0 Å². The normalized spacial score (nSPS) is 10.2. The van der Waals surface area contributed by atoms with Crippen LogP contribution in [-0.4, -0.2) is 12.0 Å². The molecule has 2 aromatic rings. The van der Waals surface area contributed by atoms with Crippen LogP contribution < -0.4 is 10.1 Å². The molecule has 0 aliphatic heterocycles. The zero-order chi connectivity index (χ0) is 12.1. The molecule has 17 heavy (non-hydrogen) atoms. The summed E-state index contributed by atoms with van der Waals surface area (Å²) < 4.78 is 18.4. The van der Waals surface area contributed by atoms with E-state index in [1.807, 2.05) is 13.1 Å². The van der Waals surface area contributed by atoms with Crippen LogP contribution in [0.2, 0.25) is 0 Å². The molecule has 3 nitrogen and oxygen atoms in total. The summed E-state index contributed by atoms with van der Waals surface area (Å²) in [5.41, 5.74) is 1.01. The lowest BCUT2D eigenvalue weighted by molar-refractivity contribution is 0.470. The molecule has 0 aliphatic carbocycles. The van der Waals surface area contributed by atoms with Gasteiger partial charge in [-0.25, -0.2) is 4.39 Å². The Labute approximate surface area is 99.3 Å². The minimum absolute atomic E-state index is 0.279. The van der Waals surface area contributed by atoms with Crippen molar-refractivity contribution < 1.29 is 9.13 Å². The molecular weight excluding hydrogens is 219 g/mol. The summed E-state index contributed by atoms with van der Waals surface area (Å²) in [6.07, 6.45) is 3.36. The van der Waals surface area contributed by atoms with Crippen LogP contribution in [-0.2, 0) is 6.54 Å². The van der Waals surface area contributed by atoms with Crippen LogP contribution in [0.4, 0.5) is 4.39 Å². The van der Waals surface area contributed by atoms with Gasteiger partial charge in [-0.2, -0.15) is 0 Å². The number of pyridine rings is 1. The number of nitrogens with zero attached hydrogens (tertiary/aromatic N) is 1. The number of hydrogen-bond donors (Lipinski definition) is 1. The summed E-state index contributed by atoms with van der Waals surface area (Å²) in [5, 5.41) is 3.05. The van der Waals surface area contributed by atoms with E-state index in [0.717, 1.165) is 5.56 Å². The molecule has 0 spiro atoms. The lowest BCUT2D eigenvalue weighted by atomic mass is 10.2. The Bertz CT molecular complexity index is 485. The monoisotopic (exact) mass is 232 g/mol. The number of ether oxygens (including phenoxy) is 1. The number of aromatic nitrogens is 1. The smallest absolute Gasteiger partial charge is 0.150 e. The van der Waals surface area contributed by atoms with Gasteiger partial charge in [0.25, 0.3) is 0 Å². The van der Waals surface area contributed by atoms with E-state index >= 15 is 0 Å². The van der Waals surface area contributed by atoms with Crippen molar-refractivity contribution in [2.24, 2.45) is 0 Å². The third-order valence-electron chi connectivity index (χ3n) is 2.28. The molecule has 1 heterocycles. The number of nitrogens with one attached hydrogen (secondary N) is 1. The molecule has 0 saturated heterocycles. The molecule has 0 unspecified atom stereocenters. The Balaban J connectivity index is 2.20. The predicted octanol–water partition coefficient (Wildman–Crippen LogP) is 2.73. The summed E-state index contributed by atoms with van der Waals surface area (Å²) in [6.45, 7) is 0.694. The average molecular weight is 232 g/mol. The highest BCUT2D eigenvalue weighted by Crippen LogP contribution is 2.24. The van der Waals surface area contributed by atoms with Crippen LogP contribution in [0.15, 0.2) is 42.7 Å². The summed E-state index contributed by atoms with van der Waals surface area (Å²) >= 11 is 0. The summed E-state index contributed by atoms with van der Waals surface area (Å²) in [5.74, 6) is 0.990. The molecule has 4 heteroatoms. The Kier molecular flexibility index (Phi) is 3.67. The van der Waals surface area contributed by atoms with E-state index in [9.17, 15) is 4.39 Å². The third kappa shape index (κ3) is 3.01. The second-order valence-corrected chi connectivity index (χ2v) is 3.57. The molecule has 1 N–H and O–H groups in total. The van der Waals surface area contributed by atoms with Gasteiger partial charge >= 0.3 is 0 Å². The largest absolute Gasteiger partial charge is 0.455 e. The predicted molar refractivity (Wildman–Crippen MR) is 63.5 cm³/mol. The molecule has 0 atom stereocenters. The van der Waals surface area contributed by atoms with Crippen molar-refractivity contribution in [3.8, 4) is 11.5 Å². The van der Waals surface area contributed by atoms with Crippen LogP contribution in [0, 0.1) is 5.82 Å². The molecule has 0 saturated carbocycles. The zero-order valence-electron chi connectivity index (χ0n) is 9.48. The average Bonchev–Trinajstić information content (AvgIpc) is 2.35. The standard InChI is InChI=1S/C13H13FN2O/c1-15-8-10-6-7-16-9-13(10)17-12-4-2-11(14)3-5-12/h2-7,9,15H,8H2,1H3.